The Bertz CT molecular complexity index is 372. The zero-order valence-corrected chi connectivity index (χ0v) is 16.9. The topological polar surface area (TPSA) is 12.0 Å². The van der Waals surface area contributed by atoms with E-state index in [2.05, 4.69) is 39.6 Å². The van der Waals surface area contributed by atoms with Crippen LogP contribution in [0.5, 0.6) is 0 Å². The Morgan fingerprint density at radius 2 is 1.96 bits per heavy atom. The Morgan fingerprint density at radius 3 is 2.65 bits per heavy atom. The molecular formula is C21H39NS. The maximum atomic E-state index is 5.76. The van der Waals surface area contributed by atoms with Gasteiger partial charge in [0.1, 0.15) is 0 Å². The van der Waals surface area contributed by atoms with Gasteiger partial charge in [0.25, 0.3) is 0 Å². The van der Waals surface area contributed by atoms with Crippen molar-refractivity contribution in [1.29, 1.82) is 0 Å². The summed E-state index contributed by atoms with van der Waals surface area (Å²) < 4.78 is 0. The second kappa shape index (κ2) is 10.5. The molecule has 0 spiro atoms. The Hall–Kier alpha value is -0.370. The van der Waals surface area contributed by atoms with E-state index in [9.17, 15) is 0 Å². The zero-order chi connectivity index (χ0) is 17.3. The minimum absolute atomic E-state index is 0.341. The number of rotatable bonds is 9. The van der Waals surface area contributed by atoms with Crippen molar-refractivity contribution >= 4 is 17.2 Å². The van der Waals surface area contributed by atoms with Crippen LogP contribution in [0, 0.1) is 17.3 Å². The highest BCUT2D eigenvalue weighted by molar-refractivity contribution is 7.80. The van der Waals surface area contributed by atoms with E-state index in [1.807, 2.05) is 0 Å². The van der Waals surface area contributed by atoms with E-state index < -0.39 is 0 Å². The largest absolute Gasteiger partial charge is 0.376 e. The van der Waals surface area contributed by atoms with Crippen LogP contribution in [-0.4, -0.2) is 11.5 Å². The maximum Gasteiger partial charge on any atom is 0.0792 e. The summed E-state index contributed by atoms with van der Waals surface area (Å²) in [7, 11) is 0. The minimum Gasteiger partial charge on any atom is -0.376 e. The molecule has 23 heavy (non-hydrogen) atoms. The van der Waals surface area contributed by atoms with Crippen LogP contribution in [-0.2, 0) is 0 Å². The van der Waals surface area contributed by atoms with Gasteiger partial charge in [-0.3, -0.25) is 0 Å². The number of nitrogens with one attached hydrogen (secondary N) is 1. The molecular weight excluding hydrogens is 298 g/mol. The number of thiocarbonyl (C=S) groups is 1. The molecule has 1 nitrogen and oxygen atoms in total. The van der Waals surface area contributed by atoms with Gasteiger partial charge in [-0.05, 0) is 30.6 Å². The van der Waals surface area contributed by atoms with Gasteiger partial charge < -0.3 is 5.32 Å². The zero-order valence-electron chi connectivity index (χ0n) is 16.0. The Labute approximate surface area is 150 Å². The molecule has 1 N–H and O–H groups in total. The first kappa shape index (κ1) is 20.7. The predicted molar refractivity (Wildman–Crippen MR) is 108 cm³/mol. The van der Waals surface area contributed by atoms with Crippen molar-refractivity contribution in [2.45, 2.75) is 91.9 Å². The van der Waals surface area contributed by atoms with Crippen LogP contribution in [0.25, 0.3) is 0 Å². The van der Waals surface area contributed by atoms with Crippen LogP contribution < -0.4 is 5.32 Å². The smallest absolute Gasteiger partial charge is 0.0792 e. The molecule has 0 saturated heterocycles. The van der Waals surface area contributed by atoms with E-state index >= 15 is 0 Å². The first-order valence-electron chi connectivity index (χ1n) is 9.84. The van der Waals surface area contributed by atoms with Crippen molar-refractivity contribution in [2.24, 2.45) is 17.3 Å². The number of hydrogen-bond donors (Lipinski definition) is 1. The van der Waals surface area contributed by atoms with Gasteiger partial charge in [0.05, 0.1) is 4.99 Å². The summed E-state index contributed by atoms with van der Waals surface area (Å²) in [6, 6.07) is 0. The average Bonchev–Trinajstić information content (AvgIpc) is 2.69. The molecule has 0 bridgehead atoms. The van der Waals surface area contributed by atoms with Crippen molar-refractivity contribution in [2.75, 3.05) is 6.54 Å². The molecule has 1 aliphatic carbocycles. The summed E-state index contributed by atoms with van der Waals surface area (Å²) in [5.74, 6) is 1.14. The van der Waals surface area contributed by atoms with E-state index in [1.165, 1.54) is 69.8 Å². The fourth-order valence-corrected chi connectivity index (χ4v) is 4.25. The van der Waals surface area contributed by atoms with Crippen LogP contribution in [0.3, 0.4) is 0 Å². The monoisotopic (exact) mass is 337 g/mol. The summed E-state index contributed by atoms with van der Waals surface area (Å²) in [5.41, 5.74) is 1.66. The van der Waals surface area contributed by atoms with Crippen molar-refractivity contribution in [3.05, 3.63) is 12.2 Å². The van der Waals surface area contributed by atoms with Crippen LogP contribution in [0.15, 0.2) is 12.2 Å². The molecule has 0 aromatic heterocycles. The van der Waals surface area contributed by atoms with Crippen LogP contribution >= 0.6 is 12.2 Å². The first-order chi connectivity index (χ1) is 10.9. The van der Waals surface area contributed by atoms with E-state index in [1.54, 1.807) is 0 Å². The standard InChI is InChI=1S/C21H39NS/c1-6-7-8-10-13-17(2)18(3)16-22-20(23)19-14-11-9-12-15-21(19,4)5/h17,19H,3,6-16H2,1-2,4-5H3,(H,22,23)/t17?,19-/m1/s1. The summed E-state index contributed by atoms with van der Waals surface area (Å²) in [5, 5.41) is 3.55. The van der Waals surface area contributed by atoms with Gasteiger partial charge in [-0.2, -0.15) is 0 Å². The van der Waals surface area contributed by atoms with Gasteiger partial charge in [0, 0.05) is 12.5 Å². The van der Waals surface area contributed by atoms with E-state index in [-0.39, 0.29) is 0 Å². The molecule has 2 atom stereocenters. The van der Waals surface area contributed by atoms with Crippen molar-refractivity contribution in [1.82, 2.24) is 5.32 Å². The van der Waals surface area contributed by atoms with Gasteiger partial charge in [0.2, 0.25) is 0 Å². The lowest BCUT2D eigenvalue weighted by Gasteiger charge is -2.34. The molecule has 0 aliphatic heterocycles. The molecule has 1 aliphatic rings. The van der Waals surface area contributed by atoms with Crippen LogP contribution in [0.1, 0.15) is 91.9 Å². The van der Waals surface area contributed by atoms with E-state index in [4.69, 9.17) is 12.2 Å². The molecule has 2 heteroatoms. The van der Waals surface area contributed by atoms with Crippen LogP contribution in [0.2, 0.25) is 0 Å². The molecule has 0 radical (unpaired) electrons. The van der Waals surface area contributed by atoms with Crippen molar-refractivity contribution < 1.29 is 0 Å². The normalized spacial score (nSPS) is 22.2. The second-order valence-corrected chi connectivity index (χ2v) is 8.71. The fraction of sp³-hybridized carbons (Fsp3) is 0.857. The van der Waals surface area contributed by atoms with Gasteiger partial charge in [0.15, 0.2) is 0 Å². The third-order valence-corrected chi connectivity index (χ3v) is 6.18. The SMILES string of the molecule is C=C(CNC(=S)[C@H]1CCCCCC1(C)C)C(C)CCCCCC. The molecule has 1 rings (SSSR count). The molecule has 134 valence electrons. The summed E-state index contributed by atoms with van der Waals surface area (Å²) in [6.07, 6.45) is 13.2. The third kappa shape index (κ3) is 7.37. The Kier molecular flexibility index (Phi) is 9.43. The third-order valence-electron chi connectivity index (χ3n) is 5.75. The summed E-state index contributed by atoms with van der Waals surface area (Å²) in [6.45, 7) is 14.5. The molecule has 0 aromatic rings. The fourth-order valence-electron chi connectivity index (χ4n) is 3.74. The van der Waals surface area contributed by atoms with Crippen molar-refractivity contribution in [3.8, 4) is 0 Å². The molecule has 1 fully saturated rings. The van der Waals surface area contributed by atoms with E-state index in [0.717, 1.165) is 11.5 Å². The number of unbranched alkanes of at least 4 members (excludes halogenated alkanes) is 3. The van der Waals surface area contributed by atoms with Gasteiger partial charge in [-0.1, -0.05) is 97.0 Å². The lowest BCUT2D eigenvalue weighted by Crippen LogP contribution is -2.38. The highest BCUT2D eigenvalue weighted by Gasteiger charge is 2.33. The predicted octanol–water partition coefficient (Wildman–Crippen LogP) is 6.67. The Balaban J connectivity index is 2.37. The highest BCUT2D eigenvalue weighted by atomic mass is 32.1. The molecule has 1 unspecified atom stereocenters. The lowest BCUT2D eigenvalue weighted by atomic mass is 9.75. The summed E-state index contributed by atoms with van der Waals surface area (Å²) >= 11 is 5.76. The number of hydrogen-bond acceptors (Lipinski definition) is 1. The summed E-state index contributed by atoms with van der Waals surface area (Å²) in [4.78, 5) is 1.08. The second-order valence-electron chi connectivity index (χ2n) is 8.27. The Morgan fingerprint density at radius 1 is 1.22 bits per heavy atom. The average molecular weight is 338 g/mol. The highest BCUT2D eigenvalue weighted by Crippen LogP contribution is 2.39. The molecule has 0 aromatic carbocycles. The molecule has 0 amide bonds. The van der Waals surface area contributed by atoms with Gasteiger partial charge in [-0.25, -0.2) is 0 Å². The van der Waals surface area contributed by atoms with Crippen LogP contribution in [0.4, 0.5) is 0 Å². The molecule has 1 saturated carbocycles. The first-order valence-corrected chi connectivity index (χ1v) is 10.2. The van der Waals surface area contributed by atoms with Gasteiger partial charge >= 0.3 is 0 Å². The van der Waals surface area contributed by atoms with Crippen molar-refractivity contribution in [3.63, 3.8) is 0 Å². The maximum absolute atomic E-state index is 5.76. The minimum atomic E-state index is 0.341. The quantitative estimate of drug-likeness (QED) is 0.218. The molecule has 0 heterocycles. The van der Waals surface area contributed by atoms with E-state index in [0.29, 0.717) is 17.3 Å². The lowest BCUT2D eigenvalue weighted by molar-refractivity contribution is 0.257. The van der Waals surface area contributed by atoms with Gasteiger partial charge in [-0.15, -0.1) is 0 Å².